The van der Waals surface area contributed by atoms with E-state index in [1.165, 1.54) is 12.8 Å². The zero-order valence-corrected chi connectivity index (χ0v) is 17.8. The number of hydrogen-bond donors (Lipinski definition) is 2. The third-order valence-electron chi connectivity index (χ3n) is 5.66. The first-order valence-electron chi connectivity index (χ1n) is 10.9. The summed E-state index contributed by atoms with van der Waals surface area (Å²) in [6.07, 6.45) is 7.28. The van der Waals surface area contributed by atoms with Crippen molar-refractivity contribution in [1.29, 1.82) is 0 Å². The molecular formula is C21H39N5O. The molecule has 2 saturated heterocycles. The zero-order chi connectivity index (χ0) is 19.6. The van der Waals surface area contributed by atoms with Gasteiger partial charge in [0.15, 0.2) is 0 Å². The van der Waals surface area contributed by atoms with Crippen LogP contribution in [0.2, 0.25) is 0 Å². The maximum atomic E-state index is 13.1. The predicted octanol–water partition coefficient (Wildman–Crippen LogP) is 2.81. The van der Waals surface area contributed by atoms with Crippen LogP contribution in [0.5, 0.6) is 0 Å². The summed E-state index contributed by atoms with van der Waals surface area (Å²) in [5.41, 5.74) is 1.05. The van der Waals surface area contributed by atoms with Crippen LogP contribution in [0.1, 0.15) is 64.9 Å². The van der Waals surface area contributed by atoms with Crippen LogP contribution in [0.15, 0.2) is 6.20 Å². The molecule has 0 saturated carbocycles. The summed E-state index contributed by atoms with van der Waals surface area (Å²) in [7, 11) is 0. The standard InChI is InChI=1S/C19H33N5O.C2H6/c1-3-18-21-12-16(22-18)13-24(17-4-8-20-9-5-17)19(25)14-23-10-6-15(2)7-11-23;1-2/h12,15,17,20H,3-11,13-14H2,1-2H3,(H,21,22);1-2H3. The maximum Gasteiger partial charge on any atom is 0.237 e. The first kappa shape index (κ1) is 21.9. The molecule has 0 aromatic carbocycles. The fraction of sp³-hybridized carbons (Fsp3) is 0.810. The van der Waals surface area contributed by atoms with E-state index in [1.54, 1.807) is 0 Å². The lowest BCUT2D eigenvalue weighted by Crippen LogP contribution is -2.49. The van der Waals surface area contributed by atoms with E-state index in [2.05, 4.69) is 38.9 Å². The quantitative estimate of drug-likeness (QED) is 0.800. The van der Waals surface area contributed by atoms with Crippen molar-refractivity contribution in [2.75, 3.05) is 32.7 Å². The number of piperidine rings is 2. The van der Waals surface area contributed by atoms with E-state index >= 15 is 0 Å². The van der Waals surface area contributed by atoms with E-state index in [0.29, 0.717) is 19.1 Å². The average Bonchev–Trinajstić information content (AvgIpc) is 3.18. The van der Waals surface area contributed by atoms with Crippen molar-refractivity contribution in [2.24, 2.45) is 5.92 Å². The molecule has 154 valence electrons. The normalized spacial score (nSPS) is 19.4. The number of rotatable bonds is 6. The lowest BCUT2D eigenvalue weighted by molar-refractivity contribution is -0.136. The van der Waals surface area contributed by atoms with E-state index in [1.807, 2.05) is 20.0 Å². The van der Waals surface area contributed by atoms with Gasteiger partial charge in [0.1, 0.15) is 5.82 Å². The minimum atomic E-state index is 0.272. The second-order valence-corrected chi connectivity index (χ2v) is 7.67. The fourth-order valence-corrected chi connectivity index (χ4v) is 3.89. The van der Waals surface area contributed by atoms with Crippen molar-refractivity contribution in [1.82, 2.24) is 25.1 Å². The average molecular weight is 378 g/mol. The van der Waals surface area contributed by atoms with Gasteiger partial charge in [0.05, 0.1) is 25.0 Å². The Labute approximate surface area is 165 Å². The van der Waals surface area contributed by atoms with Crippen molar-refractivity contribution >= 4 is 5.91 Å². The number of carbonyl (C=O) groups is 1. The van der Waals surface area contributed by atoms with Crippen LogP contribution in [0.25, 0.3) is 0 Å². The molecule has 1 aromatic rings. The largest absolute Gasteiger partial charge is 0.344 e. The topological polar surface area (TPSA) is 64.3 Å². The van der Waals surface area contributed by atoms with Crippen molar-refractivity contribution in [2.45, 2.75) is 72.4 Å². The number of nitrogens with zero attached hydrogens (tertiary/aromatic N) is 3. The number of hydrogen-bond acceptors (Lipinski definition) is 4. The highest BCUT2D eigenvalue weighted by Crippen LogP contribution is 2.19. The third kappa shape index (κ3) is 6.61. The third-order valence-corrected chi connectivity index (χ3v) is 5.66. The van der Waals surface area contributed by atoms with Crippen LogP contribution in [0.4, 0.5) is 0 Å². The first-order valence-corrected chi connectivity index (χ1v) is 10.9. The lowest BCUT2D eigenvalue weighted by Gasteiger charge is -2.37. The lowest BCUT2D eigenvalue weighted by atomic mass is 9.99. The molecule has 0 unspecified atom stereocenters. The summed E-state index contributed by atoms with van der Waals surface area (Å²) in [4.78, 5) is 25.3. The number of aromatic amines is 1. The molecule has 1 amide bonds. The summed E-state index contributed by atoms with van der Waals surface area (Å²) < 4.78 is 0. The molecule has 3 rings (SSSR count). The highest BCUT2D eigenvalue weighted by atomic mass is 16.2. The smallest absolute Gasteiger partial charge is 0.237 e. The van der Waals surface area contributed by atoms with Crippen LogP contribution < -0.4 is 5.32 Å². The van der Waals surface area contributed by atoms with Crippen LogP contribution >= 0.6 is 0 Å². The van der Waals surface area contributed by atoms with Gasteiger partial charge >= 0.3 is 0 Å². The van der Waals surface area contributed by atoms with Gasteiger partial charge in [-0.2, -0.15) is 0 Å². The van der Waals surface area contributed by atoms with E-state index in [9.17, 15) is 4.79 Å². The van der Waals surface area contributed by atoms with Gasteiger partial charge in [0.2, 0.25) is 5.91 Å². The monoisotopic (exact) mass is 377 g/mol. The number of likely N-dealkylation sites (tertiary alicyclic amines) is 1. The number of amides is 1. The van der Waals surface area contributed by atoms with Gasteiger partial charge in [-0.15, -0.1) is 0 Å². The Morgan fingerprint density at radius 3 is 2.48 bits per heavy atom. The molecule has 6 heteroatoms. The fourth-order valence-electron chi connectivity index (χ4n) is 3.89. The van der Waals surface area contributed by atoms with E-state index in [-0.39, 0.29) is 5.91 Å². The highest BCUT2D eigenvalue weighted by molar-refractivity contribution is 5.78. The van der Waals surface area contributed by atoms with Crippen molar-refractivity contribution in [3.05, 3.63) is 17.7 Å². The molecule has 2 fully saturated rings. The van der Waals surface area contributed by atoms with Gasteiger partial charge in [0, 0.05) is 12.5 Å². The molecule has 0 bridgehead atoms. The highest BCUT2D eigenvalue weighted by Gasteiger charge is 2.28. The van der Waals surface area contributed by atoms with Crippen LogP contribution in [0.3, 0.4) is 0 Å². The molecule has 0 spiro atoms. The molecule has 2 aliphatic rings. The summed E-state index contributed by atoms with van der Waals surface area (Å²) in [5, 5.41) is 3.40. The molecule has 0 radical (unpaired) electrons. The first-order chi connectivity index (χ1) is 13.2. The molecular weight excluding hydrogens is 338 g/mol. The second-order valence-electron chi connectivity index (χ2n) is 7.67. The van der Waals surface area contributed by atoms with Gasteiger partial charge in [0.25, 0.3) is 0 Å². The maximum absolute atomic E-state index is 13.1. The van der Waals surface area contributed by atoms with Crippen LogP contribution in [-0.4, -0.2) is 64.4 Å². The number of aromatic nitrogens is 2. The number of aryl methyl sites for hydroxylation is 1. The minimum Gasteiger partial charge on any atom is -0.344 e. The molecule has 0 atom stereocenters. The summed E-state index contributed by atoms with van der Waals surface area (Å²) >= 11 is 0. The number of carbonyl (C=O) groups excluding carboxylic acids is 1. The van der Waals surface area contributed by atoms with Crippen molar-refractivity contribution < 1.29 is 4.79 Å². The van der Waals surface area contributed by atoms with Gasteiger partial charge in [-0.05, 0) is 57.8 Å². The minimum absolute atomic E-state index is 0.272. The molecule has 0 aliphatic carbocycles. The molecule has 3 heterocycles. The zero-order valence-electron chi connectivity index (χ0n) is 17.8. The SMILES string of the molecule is CC.CCc1ncc(CN(C(=O)CN2CCC(C)CC2)C2CCNCC2)[nH]1. The van der Waals surface area contributed by atoms with Gasteiger partial charge in [-0.3, -0.25) is 9.69 Å². The molecule has 6 nitrogen and oxygen atoms in total. The van der Waals surface area contributed by atoms with Crippen LogP contribution in [0, 0.1) is 5.92 Å². The van der Waals surface area contributed by atoms with Gasteiger partial charge in [-0.25, -0.2) is 4.98 Å². The summed E-state index contributed by atoms with van der Waals surface area (Å²) in [6, 6.07) is 0.339. The van der Waals surface area contributed by atoms with E-state index < -0.39 is 0 Å². The van der Waals surface area contributed by atoms with Crippen molar-refractivity contribution in [3.8, 4) is 0 Å². The molecule has 1 aromatic heterocycles. The van der Waals surface area contributed by atoms with E-state index in [4.69, 9.17) is 0 Å². The Kier molecular flexibility index (Phi) is 9.28. The van der Waals surface area contributed by atoms with Crippen LogP contribution in [-0.2, 0) is 17.8 Å². The molecule has 27 heavy (non-hydrogen) atoms. The number of H-pyrrole nitrogens is 1. The summed E-state index contributed by atoms with van der Waals surface area (Å²) in [5.74, 6) is 2.07. The number of nitrogens with one attached hydrogen (secondary N) is 2. The summed E-state index contributed by atoms with van der Waals surface area (Å²) in [6.45, 7) is 13.7. The Morgan fingerprint density at radius 1 is 1.22 bits per heavy atom. The van der Waals surface area contributed by atoms with E-state index in [0.717, 1.165) is 62.9 Å². The Morgan fingerprint density at radius 2 is 1.89 bits per heavy atom. The van der Waals surface area contributed by atoms with Crippen molar-refractivity contribution in [3.63, 3.8) is 0 Å². The molecule has 2 N–H and O–H groups in total. The van der Waals surface area contributed by atoms with Gasteiger partial charge < -0.3 is 15.2 Å². The predicted molar refractivity (Wildman–Crippen MR) is 111 cm³/mol. The Hall–Kier alpha value is -1.40. The Bertz CT molecular complexity index is 545. The van der Waals surface area contributed by atoms with Gasteiger partial charge in [-0.1, -0.05) is 27.7 Å². The Balaban J connectivity index is 0.00000126. The number of imidazole rings is 1. The molecule has 2 aliphatic heterocycles. The second kappa shape index (κ2) is 11.4.